The smallest absolute Gasteiger partial charge is 0.321 e. The lowest BCUT2D eigenvalue weighted by Gasteiger charge is -2.50. The van der Waals surface area contributed by atoms with Gasteiger partial charge in [-0.3, -0.25) is 14.7 Å². The van der Waals surface area contributed by atoms with Gasteiger partial charge in [-0.2, -0.15) is 0 Å². The van der Waals surface area contributed by atoms with E-state index in [9.17, 15) is 9.59 Å². The average molecular weight is 506 g/mol. The van der Waals surface area contributed by atoms with E-state index in [1.54, 1.807) is 20.4 Å². The summed E-state index contributed by atoms with van der Waals surface area (Å²) in [5.41, 5.74) is 1.87. The second kappa shape index (κ2) is 11.3. The normalized spacial score (nSPS) is 23.9. The highest BCUT2D eigenvalue weighted by Gasteiger charge is 2.54. The molecule has 8 nitrogen and oxygen atoms in total. The first-order chi connectivity index (χ1) is 17.8. The molecule has 2 aliphatic rings. The Kier molecular flexibility index (Phi) is 8.17. The van der Waals surface area contributed by atoms with Crippen LogP contribution in [0.2, 0.25) is 0 Å². The number of carbonyl (C=O) groups is 2. The van der Waals surface area contributed by atoms with Gasteiger partial charge in [0.1, 0.15) is 12.3 Å². The summed E-state index contributed by atoms with van der Waals surface area (Å²) >= 11 is 0. The molecule has 0 bridgehead atoms. The Morgan fingerprint density at radius 1 is 1.08 bits per heavy atom. The van der Waals surface area contributed by atoms with Crippen LogP contribution in [0.1, 0.15) is 36.8 Å². The fraction of sp³-hybridized carbons (Fsp3) is 0.483. The molecule has 0 atom stereocenters. The average Bonchev–Trinajstić information content (AvgIpc) is 3.15. The molecule has 2 fully saturated rings. The number of aliphatic imine (C=N–C) groups is 1. The van der Waals surface area contributed by atoms with Crippen molar-refractivity contribution in [2.75, 3.05) is 47.9 Å². The lowest BCUT2D eigenvalue weighted by atomic mass is 9.68. The second-order valence-corrected chi connectivity index (χ2v) is 10.3. The quantitative estimate of drug-likeness (QED) is 0.529. The fourth-order valence-electron chi connectivity index (χ4n) is 5.94. The maximum Gasteiger partial charge on any atom is 0.321 e. The van der Waals surface area contributed by atoms with E-state index < -0.39 is 0 Å². The van der Waals surface area contributed by atoms with E-state index in [4.69, 9.17) is 4.74 Å². The molecule has 3 amide bonds. The minimum atomic E-state index is -0.381. The molecule has 37 heavy (non-hydrogen) atoms. The molecule has 1 saturated heterocycles. The Bertz CT molecular complexity index is 1090. The zero-order chi connectivity index (χ0) is 26.5. The monoisotopic (exact) mass is 505 g/mol. The summed E-state index contributed by atoms with van der Waals surface area (Å²) in [5, 5.41) is 2.87. The van der Waals surface area contributed by atoms with Gasteiger partial charge in [-0.1, -0.05) is 42.5 Å². The molecule has 198 valence electrons. The van der Waals surface area contributed by atoms with Crippen LogP contribution in [0.25, 0.3) is 0 Å². The minimum absolute atomic E-state index is 0.0514. The van der Waals surface area contributed by atoms with E-state index in [1.165, 1.54) is 5.56 Å². The number of rotatable bonds is 9. The molecular weight excluding hydrogens is 466 g/mol. The number of urea groups is 1. The Labute approximate surface area is 220 Å². The van der Waals surface area contributed by atoms with Gasteiger partial charge in [0.15, 0.2) is 0 Å². The Hall–Kier alpha value is -3.39. The number of amides is 3. The van der Waals surface area contributed by atoms with Crippen LogP contribution in [0, 0.1) is 0 Å². The molecule has 1 aliphatic heterocycles. The minimum Gasteiger partial charge on any atom is -0.497 e. The molecule has 1 spiro atoms. The van der Waals surface area contributed by atoms with Crippen LogP contribution in [0.5, 0.6) is 5.75 Å². The van der Waals surface area contributed by atoms with Crippen LogP contribution < -0.4 is 10.1 Å². The molecular formula is C29H39N5O3. The van der Waals surface area contributed by atoms with Gasteiger partial charge in [0, 0.05) is 31.9 Å². The van der Waals surface area contributed by atoms with E-state index >= 15 is 0 Å². The van der Waals surface area contributed by atoms with Gasteiger partial charge >= 0.3 is 6.03 Å². The highest BCUT2D eigenvalue weighted by atomic mass is 16.5. The van der Waals surface area contributed by atoms with Crippen LogP contribution in [-0.4, -0.2) is 86.3 Å². The standard InChI is InChI=1S/C29H39N5O3/c1-30-18-19-31-26(35)21-34-27(36)33(20-23-10-12-25(37-4)13-11-23)22-28(34)14-16-29(17-15-28,32(2)3)24-8-6-5-7-9-24/h5-13,18H,14-17,19-22H2,1-4H3,(H,31,35). The molecule has 2 aromatic rings. The van der Waals surface area contributed by atoms with Crippen LogP contribution in [0.3, 0.4) is 0 Å². The third-order valence-corrected chi connectivity index (χ3v) is 8.14. The van der Waals surface area contributed by atoms with Crippen molar-refractivity contribution in [1.29, 1.82) is 0 Å². The number of nitrogens with zero attached hydrogens (tertiary/aromatic N) is 4. The van der Waals surface area contributed by atoms with Gasteiger partial charge in [0.2, 0.25) is 5.91 Å². The molecule has 2 aromatic carbocycles. The third-order valence-electron chi connectivity index (χ3n) is 8.14. The topological polar surface area (TPSA) is 77.5 Å². The summed E-state index contributed by atoms with van der Waals surface area (Å²) in [7, 11) is 7.60. The molecule has 1 saturated carbocycles. The molecule has 1 aliphatic carbocycles. The highest BCUT2D eigenvalue weighted by Crippen LogP contribution is 2.49. The number of nitrogens with one attached hydrogen (secondary N) is 1. The zero-order valence-electron chi connectivity index (χ0n) is 22.4. The van der Waals surface area contributed by atoms with Crippen molar-refractivity contribution in [2.45, 2.75) is 43.3 Å². The summed E-state index contributed by atoms with van der Waals surface area (Å²) in [5.74, 6) is 0.626. The number of benzene rings is 2. The van der Waals surface area contributed by atoms with E-state index in [2.05, 4.69) is 53.6 Å². The predicted octanol–water partition coefficient (Wildman–Crippen LogP) is 3.52. The van der Waals surface area contributed by atoms with Crippen molar-refractivity contribution in [2.24, 2.45) is 4.99 Å². The summed E-state index contributed by atoms with van der Waals surface area (Å²) in [6.07, 6.45) is 5.13. The number of carbonyl (C=O) groups excluding carboxylic acids is 2. The molecule has 4 rings (SSSR count). The Morgan fingerprint density at radius 3 is 2.35 bits per heavy atom. The maximum atomic E-state index is 13.7. The first kappa shape index (κ1) is 26.7. The molecule has 0 aromatic heterocycles. The van der Waals surface area contributed by atoms with Crippen LogP contribution in [0.4, 0.5) is 4.79 Å². The van der Waals surface area contributed by atoms with Crippen molar-refractivity contribution in [3.63, 3.8) is 0 Å². The van der Waals surface area contributed by atoms with Gasteiger partial charge in [0.05, 0.1) is 19.2 Å². The largest absolute Gasteiger partial charge is 0.497 e. The van der Waals surface area contributed by atoms with E-state index in [0.717, 1.165) is 37.0 Å². The molecule has 1 N–H and O–H groups in total. The summed E-state index contributed by atoms with van der Waals surface area (Å²) in [4.78, 5) is 36.6. The summed E-state index contributed by atoms with van der Waals surface area (Å²) in [6, 6.07) is 18.4. The Balaban J connectivity index is 1.58. The highest BCUT2D eigenvalue weighted by molar-refractivity contribution is 5.87. The van der Waals surface area contributed by atoms with Gasteiger partial charge in [0.25, 0.3) is 0 Å². The summed E-state index contributed by atoms with van der Waals surface area (Å²) in [6.45, 7) is 1.52. The van der Waals surface area contributed by atoms with E-state index in [-0.39, 0.29) is 29.6 Å². The number of ether oxygens (including phenoxy) is 1. The van der Waals surface area contributed by atoms with Gasteiger partial charge in [-0.25, -0.2) is 4.79 Å². The fourth-order valence-corrected chi connectivity index (χ4v) is 5.94. The van der Waals surface area contributed by atoms with Gasteiger partial charge in [-0.15, -0.1) is 0 Å². The molecule has 1 heterocycles. The van der Waals surface area contributed by atoms with Gasteiger partial charge < -0.3 is 19.9 Å². The Morgan fingerprint density at radius 2 is 1.76 bits per heavy atom. The predicted molar refractivity (Wildman–Crippen MR) is 146 cm³/mol. The van der Waals surface area contributed by atoms with E-state index in [1.807, 2.05) is 40.1 Å². The van der Waals surface area contributed by atoms with Crippen molar-refractivity contribution in [1.82, 2.24) is 20.0 Å². The number of hydrogen-bond donors (Lipinski definition) is 1. The lowest BCUT2D eigenvalue weighted by Crippen LogP contribution is -2.57. The molecule has 8 heteroatoms. The first-order valence-electron chi connectivity index (χ1n) is 12.9. The van der Waals surface area contributed by atoms with Gasteiger partial charge in [-0.05, 0) is 63.0 Å². The van der Waals surface area contributed by atoms with E-state index in [0.29, 0.717) is 19.6 Å². The third kappa shape index (κ3) is 5.49. The molecule has 0 unspecified atom stereocenters. The van der Waals surface area contributed by atoms with Crippen molar-refractivity contribution >= 4 is 18.2 Å². The first-order valence-corrected chi connectivity index (χ1v) is 12.9. The van der Waals surface area contributed by atoms with Crippen molar-refractivity contribution in [3.8, 4) is 5.75 Å². The SMILES string of the molecule is CN=CCNC(=O)CN1C(=O)N(Cc2ccc(OC)cc2)CC12CCC(c1ccccc1)(N(C)C)CC2. The zero-order valence-corrected chi connectivity index (χ0v) is 22.4. The van der Waals surface area contributed by atoms with Crippen molar-refractivity contribution in [3.05, 3.63) is 65.7 Å². The second-order valence-electron chi connectivity index (χ2n) is 10.3. The van der Waals surface area contributed by atoms with Crippen molar-refractivity contribution < 1.29 is 14.3 Å². The molecule has 0 radical (unpaired) electrons. The van der Waals surface area contributed by atoms with Crippen LogP contribution in [0.15, 0.2) is 59.6 Å². The lowest BCUT2D eigenvalue weighted by molar-refractivity contribution is -0.122. The number of hydrogen-bond acceptors (Lipinski definition) is 5. The van der Waals surface area contributed by atoms with Crippen LogP contribution >= 0.6 is 0 Å². The maximum absolute atomic E-state index is 13.7. The number of methoxy groups -OCH3 is 1. The van der Waals surface area contributed by atoms with Crippen LogP contribution in [-0.2, 0) is 16.9 Å². The summed E-state index contributed by atoms with van der Waals surface area (Å²) < 4.78 is 5.28.